The number of nitrogens with one attached hydrogen (secondary N) is 1. The van der Waals surface area contributed by atoms with Gasteiger partial charge in [-0.05, 0) is 55.9 Å². The van der Waals surface area contributed by atoms with Gasteiger partial charge in [-0.2, -0.15) is 4.98 Å². The third-order valence-electron chi connectivity index (χ3n) is 6.60. The van der Waals surface area contributed by atoms with E-state index >= 15 is 0 Å². The van der Waals surface area contributed by atoms with E-state index in [0.29, 0.717) is 56.0 Å². The Morgan fingerprint density at radius 2 is 1.92 bits per heavy atom. The van der Waals surface area contributed by atoms with Crippen molar-refractivity contribution in [2.45, 2.75) is 31.0 Å². The topological polar surface area (TPSA) is 110 Å². The van der Waals surface area contributed by atoms with Gasteiger partial charge in [0.1, 0.15) is 17.0 Å². The lowest BCUT2D eigenvalue weighted by molar-refractivity contribution is 0.632. The molecule has 1 N–H and O–H groups in total. The summed E-state index contributed by atoms with van der Waals surface area (Å²) in [4.78, 5) is 50.0. The van der Waals surface area contributed by atoms with Crippen LogP contribution in [0.4, 0.5) is 5.82 Å². The molecule has 11 heteroatoms. The van der Waals surface area contributed by atoms with Crippen molar-refractivity contribution in [3.63, 3.8) is 0 Å². The first-order chi connectivity index (χ1) is 18.0. The number of aryl methyl sites for hydroxylation is 1. The molecule has 2 aromatic carbocycles. The Labute approximate surface area is 220 Å². The fourth-order valence-corrected chi connectivity index (χ4v) is 5.59. The number of nitrogens with zero attached hydrogens (tertiary/aromatic N) is 6. The lowest BCUT2D eigenvalue weighted by atomic mass is 10.1. The van der Waals surface area contributed by atoms with Gasteiger partial charge in [-0.3, -0.25) is 14.2 Å². The highest BCUT2D eigenvalue weighted by Crippen LogP contribution is 2.38. The van der Waals surface area contributed by atoms with Crippen LogP contribution in [-0.2, 0) is 0 Å². The molecule has 1 aliphatic heterocycles. The van der Waals surface area contributed by atoms with Gasteiger partial charge in [0.05, 0.1) is 34.0 Å². The van der Waals surface area contributed by atoms with E-state index in [9.17, 15) is 9.59 Å². The van der Waals surface area contributed by atoms with E-state index in [1.54, 1.807) is 22.8 Å². The summed E-state index contributed by atoms with van der Waals surface area (Å²) in [6.45, 7) is 2.62. The van der Waals surface area contributed by atoms with Gasteiger partial charge in [0.15, 0.2) is 10.8 Å². The summed E-state index contributed by atoms with van der Waals surface area (Å²) in [5.41, 5.74) is 2.03. The van der Waals surface area contributed by atoms with E-state index in [-0.39, 0.29) is 11.6 Å². The van der Waals surface area contributed by atoms with Crippen LogP contribution in [0.1, 0.15) is 30.3 Å². The summed E-state index contributed by atoms with van der Waals surface area (Å²) in [5.74, 6) is 1.06. The molecular formula is C26H22ClN7O2S. The summed E-state index contributed by atoms with van der Waals surface area (Å²) < 4.78 is 1.64. The largest absolute Gasteiger partial charge is 0.346 e. The predicted octanol–water partition coefficient (Wildman–Crippen LogP) is 4.44. The Morgan fingerprint density at radius 1 is 1.08 bits per heavy atom. The van der Waals surface area contributed by atoms with Crippen molar-refractivity contribution < 1.29 is 0 Å². The van der Waals surface area contributed by atoms with E-state index in [1.807, 2.05) is 42.3 Å². The second-order valence-electron chi connectivity index (χ2n) is 8.90. The number of thioether (sulfide) groups is 1. The van der Waals surface area contributed by atoms with Crippen LogP contribution in [0.25, 0.3) is 27.6 Å². The number of fused-ring (bicyclic) bond motifs is 2. The molecule has 1 atom stereocenters. The lowest BCUT2D eigenvalue weighted by Gasteiger charge is -2.28. The number of rotatable bonds is 4. The minimum Gasteiger partial charge on any atom is -0.346 e. The number of halogens is 1. The van der Waals surface area contributed by atoms with E-state index in [0.717, 1.165) is 18.4 Å². The molecule has 186 valence electrons. The zero-order valence-corrected chi connectivity index (χ0v) is 21.7. The second-order valence-corrected chi connectivity index (χ2v) is 10.1. The molecule has 9 nitrogen and oxygen atoms in total. The van der Waals surface area contributed by atoms with Crippen molar-refractivity contribution in [1.82, 2.24) is 29.5 Å². The van der Waals surface area contributed by atoms with E-state index in [1.165, 1.54) is 18.1 Å². The Hall–Kier alpha value is -3.76. The number of aromatic nitrogens is 6. The quantitative estimate of drug-likeness (QED) is 0.268. The van der Waals surface area contributed by atoms with Gasteiger partial charge in [0, 0.05) is 6.54 Å². The maximum Gasteiger partial charge on any atom is 0.285 e. The maximum atomic E-state index is 14.0. The molecule has 0 bridgehead atoms. The smallest absolute Gasteiger partial charge is 0.285 e. The minimum absolute atomic E-state index is 0.236. The van der Waals surface area contributed by atoms with Gasteiger partial charge in [0.2, 0.25) is 0 Å². The molecule has 0 spiro atoms. The van der Waals surface area contributed by atoms with Crippen molar-refractivity contribution in [2.75, 3.05) is 17.7 Å². The molecule has 1 fully saturated rings. The number of benzene rings is 2. The van der Waals surface area contributed by atoms with Crippen LogP contribution >= 0.6 is 23.4 Å². The van der Waals surface area contributed by atoms with Crippen LogP contribution in [0.15, 0.2) is 63.5 Å². The van der Waals surface area contributed by atoms with Crippen molar-refractivity contribution in [3.8, 4) is 5.69 Å². The van der Waals surface area contributed by atoms with Crippen LogP contribution in [0.3, 0.4) is 0 Å². The Morgan fingerprint density at radius 3 is 2.73 bits per heavy atom. The molecule has 0 aliphatic carbocycles. The van der Waals surface area contributed by atoms with Gasteiger partial charge in [-0.15, -0.1) is 0 Å². The summed E-state index contributed by atoms with van der Waals surface area (Å²) >= 11 is 7.87. The zero-order valence-electron chi connectivity index (χ0n) is 20.1. The highest BCUT2D eigenvalue weighted by atomic mass is 35.5. The van der Waals surface area contributed by atoms with Crippen LogP contribution in [-0.4, -0.2) is 42.3 Å². The molecule has 0 amide bonds. The van der Waals surface area contributed by atoms with Gasteiger partial charge < -0.3 is 9.88 Å². The molecule has 0 radical (unpaired) electrons. The molecule has 0 saturated carbocycles. The number of aromatic amines is 1. The minimum atomic E-state index is -0.406. The lowest BCUT2D eigenvalue weighted by Crippen LogP contribution is -2.33. The summed E-state index contributed by atoms with van der Waals surface area (Å²) in [7, 11) is 0. The number of hydrogen-bond donors (Lipinski definition) is 1. The molecule has 1 aliphatic rings. The van der Waals surface area contributed by atoms with E-state index < -0.39 is 5.56 Å². The number of hydrogen-bond acceptors (Lipinski definition) is 8. The molecule has 4 heterocycles. The van der Waals surface area contributed by atoms with E-state index in [4.69, 9.17) is 21.6 Å². The van der Waals surface area contributed by atoms with Gasteiger partial charge in [0.25, 0.3) is 11.1 Å². The standard InChI is InChI=1S/C26H22ClN7O2S/c1-14-6-3-7-15(12-14)34-22(30-17-9-4-8-16(27)19(17)25(34)36)18-10-5-11-33(18)23-20-21(28-13-29-24(20)35)31-26(32-23)37-2/h3-4,6-9,12-13,18H,5,10-11H2,1-2H3,(H,28,29,31,32,35). The third kappa shape index (κ3) is 3.96. The molecule has 37 heavy (non-hydrogen) atoms. The zero-order chi connectivity index (χ0) is 25.7. The van der Waals surface area contributed by atoms with Crippen LogP contribution in [0.5, 0.6) is 0 Å². The van der Waals surface area contributed by atoms with Crippen LogP contribution in [0, 0.1) is 6.92 Å². The number of anilines is 1. The van der Waals surface area contributed by atoms with Crippen LogP contribution < -0.4 is 16.0 Å². The van der Waals surface area contributed by atoms with Crippen molar-refractivity contribution >= 4 is 51.1 Å². The molecule has 1 unspecified atom stereocenters. The Bertz CT molecular complexity index is 1800. The second kappa shape index (κ2) is 9.28. The van der Waals surface area contributed by atoms with Crippen molar-refractivity contribution in [1.29, 1.82) is 0 Å². The summed E-state index contributed by atoms with van der Waals surface area (Å²) in [6.07, 6.45) is 4.79. The molecule has 1 saturated heterocycles. The predicted molar refractivity (Wildman–Crippen MR) is 146 cm³/mol. The number of H-pyrrole nitrogens is 1. The average Bonchev–Trinajstić information content (AvgIpc) is 3.38. The monoisotopic (exact) mass is 531 g/mol. The maximum absolute atomic E-state index is 14.0. The molecule has 5 aromatic rings. The van der Waals surface area contributed by atoms with Gasteiger partial charge in [-0.1, -0.05) is 41.6 Å². The van der Waals surface area contributed by atoms with Crippen molar-refractivity contribution in [3.05, 3.63) is 85.9 Å². The summed E-state index contributed by atoms with van der Waals surface area (Å²) in [5, 5.41) is 1.58. The first-order valence-electron chi connectivity index (χ1n) is 11.8. The first kappa shape index (κ1) is 23.6. The first-order valence-corrected chi connectivity index (χ1v) is 13.4. The van der Waals surface area contributed by atoms with Crippen molar-refractivity contribution in [2.24, 2.45) is 0 Å². The fourth-order valence-electron chi connectivity index (χ4n) is 4.98. The van der Waals surface area contributed by atoms with Gasteiger partial charge >= 0.3 is 0 Å². The van der Waals surface area contributed by atoms with Crippen LogP contribution in [0.2, 0.25) is 5.02 Å². The average molecular weight is 532 g/mol. The highest BCUT2D eigenvalue weighted by Gasteiger charge is 2.34. The molecule has 6 rings (SSSR count). The Kier molecular flexibility index (Phi) is 5.92. The highest BCUT2D eigenvalue weighted by molar-refractivity contribution is 7.98. The summed E-state index contributed by atoms with van der Waals surface area (Å²) in [6, 6.07) is 12.7. The fraction of sp³-hybridized carbons (Fsp3) is 0.231. The normalized spacial score (nSPS) is 15.6. The SMILES string of the molecule is CSc1nc(N2CCCC2c2nc3cccc(Cl)c3c(=O)n2-c2cccc(C)c2)c2c(=O)nc[nH]c2n1. The molecule has 3 aromatic heterocycles. The molecular weight excluding hydrogens is 510 g/mol. The Balaban J connectivity index is 1.64. The third-order valence-corrected chi connectivity index (χ3v) is 7.47. The van der Waals surface area contributed by atoms with Gasteiger partial charge in [-0.25, -0.2) is 15.0 Å². The van der Waals surface area contributed by atoms with E-state index in [2.05, 4.69) is 15.0 Å².